The molecule has 5 aromatic rings. The van der Waals surface area contributed by atoms with Crippen LogP contribution >= 0.6 is 0 Å². The van der Waals surface area contributed by atoms with Gasteiger partial charge in [0, 0.05) is 28.1 Å². The molecule has 0 radical (unpaired) electrons. The van der Waals surface area contributed by atoms with E-state index in [9.17, 15) is 9.59 Å². The van der Waals surface area contributed by atoms with Crippen LogP contribution in [0.4, 0.5) is 5.69 Å². The first-order valence-corrected chi connectivity index (χ1v) is 12.6. The van der Waals surface area contributed by atoms with Gasteiger partial charge in [0.1, 0.15) is 11.5 Å². The molecular weight excluding hydrogens is 502 g/mol. The summed E-state index contributed by atoms with van der Waals surface area (Å²) in [7, 11) is 2.49. The molecule has 0 aliphatic rings. The summed E-state index contributed by atoms with van der Waals surface area (Å²) in [5.74, 6) is -0.564. The highest BCUT2D eigenvalue weighted by Gasteiger charge is 2.22. The van der Waals surface area contributed by atoms with Crippen LogP contribution in [0.25, 0.3) is 39.6 Å². The van der Waals surface area contributed by atoms with E-state index in [1.165, 1.54) is 14.2 Å². The first kappa shape index (κ1) is 26.2. The summed E-state index contributed by atoms with van der Waals surface area (Å²) in [5, 5.41) is 2.96. The lowest BCUT2D eigenvalue weighted by atomic mass is 10.0. The molecule has 1 N–H and O–H groups in total. The Labute approximate surface area is 232 Å². The third-order valence-electron chi connectivity index (χ3n) is 6.28. The third kappa shape index (κ3) is 5.54. The summed E-state index contributed by atoms with van der Waals surface area (Å²) in [6.07, 6.45) is 1.06. The minimum Gasteiger partial charge on any atom is -0.466 e. The standard InChI is InChI=1S/C33H27N3O4/c1-39-29(37)22-28(33(38)40-2)34-26-18-20-27(21-19-26)36-31(24-14-8-4-9-15-24)30(23-12-6-3-7-13-23)35-32(36)25-16-10-5-11-17-25/h3-22,34H,1-2H3/b28-22+. The lowest BCUT2D eigenvalue weighted by Gasteiger charge is -2.15. The van der Waals surface area contributed by atoms with Gasteiger partial charge < -0.3 is 14.8 Å². The maximum atomic E-state index is 12.2. The van der Waals surface area contributed by atoms with Gasteiger partial charge in [-0.15, -0.1) is 0 Å². The van der Waals surface area contributed by atoms with Gasteiger partial charge in [-0.05, 0) is 24.3 Å². The fraction of sp³-hybridized carbons (Fsp3) is 0.0606. The molecule has 0 spiro atoms. The molecule has 1 aromatic heterocycles. The first-order valence-electron chi connectivity index (χ1n) is 12.6. The quantitative estimate of drug-likeness (QED) is 0.182. The van der Waals surface area contributed by atoms with Crippen LogP contribution in [0, 0.1) is 0 Å². The number of hydrogen-bond donors (Lipinski definition) is 1. The number of imidazole rings is 1. The monoisotopic (exact) mass is 529 g/mol. The van der Waals surface area contributed by atoms with Crippen LogP contribution in [-0.4, -0.2) is 35.7 Å². The Morgan fingerprint density at radius 1 is 0.700 bits per heavy atom. The van der Waals surface area contributed by atoms with E-state index in [1.54, 1.807) is 0 Å². The predicted octanol–water partition coefficient (Wildman–Crippen LogP) is 6.52. The zero-order valence-corrected chi connectivity index (χ0v) is 22.1. The van der Waals surface area contributed by atoms with Gasteiger partial charge in [0.05, 0.1) is 31.7 Å². The van der Waals surface area contributed by atoms with E-state index in [4.69, 9.17) is 9.72 Å². The van der Waals surface area contributed by atoms with Gasteiger partial charge in [0.2, 0.25) is 0 Å². The summed E-state index contributed by atoms with van der Waals surface area (Å²) < 4.78 is 11.6. The van der Waals surface area contributed by atoms with E-state index in [-0.39, 0.29) is 5.70 Å². The lowest BCUT2D eigenvalue weighted by molar-refractivity contribution is -0.138. The molecular formula is C33H27N3O4. The number of aromatic nitrogens is 2. The number of nitrogens with zero attached hydrogens (tertiary/aromatic N) is 2. The minimum atomic E-state index is -0.686. The molecule has 7 nitrogen and oxygen atoms in total. The number of ether oxygens (including phenoxy) is 2. The van der Waals surface area contributed by atoms with Gasteiger partial charge in [-0.3, -0.25) is 4.57 Å². The zero-order valence-electron chi connectivity index (χ0n) is 22.1. The molecule has 0 saturated carbocycles. The topological polar surface area (TPSA) is 82.5 Å². The Bertz CT molecular complexity index is 1640. The van der Waals surface area contributed by atoms with Crippen molar-refractivity contribution in [3.8, 4) is 39.6 Å². The summed E-state index contributed by atoms with van der Waals surface area (Å²) in [6.45, 7) is 0. The number of hydrogen-bond acceptors (Lipinski definition) is 6. The van der Waals surface area contributed by atoms with Crippen molar-refractivity contribution < 1.29 is 19.1 Å². The fourth-order valence-electron chi connectivity index (χ4n) is 4.39. The summed E-state index contributed by atoms with van der Waals surface area (Å²) >= 11 is 0. The van der Waals surface area contributed by atoms with Crippen LogP contribution in [0.1, 0.15) is 0 Å². The maximum absolute atomic E-state index is 12.2. The minimum absolute atomic E-state index is 0.0361. The molecule has 0 unspecified atom stereocenters. The van der Waals surface area contributed by atoms with Gasteiger partial charge in [0.15, 0.2) is 0 Å². The van der Waals surface area contributed by atoms with Crippen molar-refractivity contribution in [2.75, 3.05) is 19.5 Å². The highest BCUT2D eigenvalue weighted by Crippen LogP contribution is 2.38. The Morgan fingerprint density at radius 3 is 1.80 bits per heavy atom. The number of methoxy groups -OCH3 is 2. The number of rotatable bonds is 8. The maximum Gasteiger partial charge on any atom is 0.354 e. The van der Waals surface area contributed by atoms with E-state index in [0.29, 0.717) is 5.69 Å². The molecule has 7 heteroatoms. The predicted molar refractivity (Wildman–Crippen MR) is 156 cm³/mol. The molecule has 5 rings (SSSR count). The van der Waals surface area contributed by atoms with Crippen molar-refractivity contribution >= 4 is 17.6 Å². The number of nitrogens with one attached hydrogen (secondary N) is 1. The summed E-state index contributed by atoms with van der Waals surface area (Å²) in [5.41, 5.74) is 6.24. The number of benzene rings is 4. The van der Waals surface area contributed by atoms with Crippen LogP contribution in [0.2, 0.25) is 0 Å². The normalized spacial score (nSPS) is 11.1. The van der Waals surface area contributed by atoms with Gasteiger partial charge in [-0.25, -0.2) is 14.6 Å². The lowest BCUT2D eigenvalue weighted by Crippen LogP contribution is -2.15. The van der Waals surface area contributed by atoms with Crippen molar-refractivity contribution in [3.63, 3.8) is 0 Å². The number of carbonyl (C=O) groups excluding carboxylic acids is 2. The van der Waals surface area contributed by atoms with Crippen LogP contribution in [0.5, 0.6) is 0 Å². The molecule has 0 aliphatic carbocycles. The smallest absolute Gasteiger partial charge is 0.354 e. The Morgan fingerprint density at radius 2 is 1.25 bits per heavy atom. The number of carbonyl (C=O) groups is 2. The van der Waals surface area contributed by atoms with Crippen molar-refractivity contribution in [3.05, 3.63) is 127 Å². The molecule has 0 aliphatic heterocycles. The van der Waals surface area contributed by atoms with Crippen molar-refractivity contribution in [1.29, 1.82) is 0 Å². The molecule has 0 saturated heterocycles. The van der Waals surface area contributed by atoms with Crippen molar-refractivity contribution in [2.24, 2.45) is 0 Å². The average molecular weight is 530 g/mol. The van der Waals surface area contributed by atoms with Gasteiger partial charge in [0.25, 0.3) is 0 Å². The van der Waals surface area contributed by atoms with Crippen LogP contribution < -0.4 is 5.32 Å². The molecule has 4 aromatic carbocycles. The molecule has 0 fully saturated rings. The molecule has 1 heterocycles. The van der Waals surface area contributed by atoms with E-state index in [0.717, 1.165) is 45.7 Å². The average Bonchev–Trinajstić information content (AvgIpc) is 3.42. The Balaban J connectivity index is 1.67. The SMILES string of the molecule is COC(=O)/C=C(/Nc1ccc(-n2c(-c3ccccc3)nc(-c3ccccc3)c2-c2ccccc2)cc1)C(=O)OC. The summed E-state index contributed by atoms with van der Waals surface area (Å²) in [4.78, 5) is 29.2. The van der Waals surface area contributed by atoms with Crippen LogP contribution in [-0.2, 0) is 19.1 Å². The van der Waals surface area contributed by atoms with Crippen molar-refractivity contribution in [2.45, 2.75) is 0 Å². The van der Waals surface area contributed by atoms with Gasteiger partial charge >= 0.3 is 11.9 Å². The highest BCUT2D eigenvalue weighted by molar-refractivity contribution is 5.98. The van der Waals surface area contributed by atoms with E-state index in [2.05, 4.69) is 38.9 Å². The Kier molecular flexibility index (Phi) is 7.83. The highest BCUT2D eigenvalue weighted by atomic mass is 16.5. The van der Waals surface area contributed by atoms with E-state index < -0.39 is 11.9 Å². The molecule has 0 atom stereocenters. The molecule has 0 bridgehead atoms. The first-order chi connectivity index (χ1) is 19.6. The zero-order chi connectivity index (χ0) is 27.9. The molecule has 40 heavy (non-hydrogen) atoms. The van der Waals surface area contributed by atoms with Crippen LogP contribution in [0.15, 0.2) is 127 Å². The van der Waals surface area contributed by atoms with Crippen molar-refractivity contribution in [1.82, 2.24) is 9.55 Å². The summed E-state index contributed by atoms with van der Waals surface area (Å²) in [6, 6.07) is 37.9. The second-order valence-corrected chi connectivity index (χ2v) is 8.81. The van der Waals surface area contributed by atoms with Crippen LogP contribution in [0.3, 0.4) is 0 Å². The number of esters is 2. The van der Waals surface area contributed by atoms with E-state index >= 15 is 0 Å². The molecule has 0 amide bonds. The molecule has 198 valence electrons. The Hall–Kier alpha value is -5.43. The van der Waals surface area contributed by atoms with Gasteiger partial charge in [-0.2, -0.15) is 0 Å². The fourth-order valence-corrected chi connectivity index (χ4v) is 4.39. The number of anilines is 1. The third-order valence-corrected chi connectivity index (χ3v) is 6.28. The second-order valence-electron chi connectivity index (χ2n) is 8.81. The van der Waals surface area contributed by atoms with Gasteiger partial charge in [-0.1, -0.05) is 91.0 Å². The largest absolute Gasteiger partial charge is 0.466 e. The van der Waals surface area contributed by atoms with E-state index in [1.807, 2.05) is 91.0 Å². The second kappa shape index (κ2) is 12.0.